The van der Waals surface area contributed by atoms with E-state index in [1.807, 2.05) is 0 Å². The Morgan fingerprint density at radius 2 is 2.00 bits per heavy atom. The summed E-state index contributed by atoms with van der Waals surface area (Å²) in [6.07, 6.45) is -0.848. The first-order valence-electron chi connectivity index (χ1n) is 6.68. The van der Waals surface area contributed by atoms with Crippen molar-refractivity contribution in [1.82, 2.24) is 0 Å². The van der Waals surface area contributed by atoms with E-state index in [2.05, 4.69) is 5.32 Å². The highest BCUT2D eigenvalue weighted by atomic mass is 35.5. The first-order chi connectivity index (χ1) is 11.0. The molecule has 1 heterocycles. The number of carbonyl (C=O) groups excluding carboxylic acids is 1. The number of ether oxygens (including phenoxy) is 2. The maximum atomic E-state index is 12.2. The number of amides is 1. The minimum Gasteiger partial charge on any atom is -0.485 e. The van der Waals surface area contributed by atoms with Crippen LogP contribution in [0.25, 0.3) is 0 Å². The van der Waals surface area contributed by atoms with Crippen LogP contribution in [0.15, 0.2) is 42.5 Å². The minimum absolute atomic E-state index is 0.000763. The molecule has 118 valence electrons. The van der Waals surface area contributed by atoms with E-state index >= 15 is 0 Å². The molecular weight excluding hydrogens is 324 g/mol. The van der Waals surface area contributed by atoms with Gasteiger partial charge in [0.15, 0.2) is 11.5 Å². The van der Waals surface area contributed by atoms with Crippen LogP contribution in [0.4, 0.5) is 11.4 Å². The molecular formula is C15H11ClN2O5. The van der Waals surface area contributed by atoms with Gasteiger partial charge in [0.25, 0.3) is 11.6 Å². The van der Waals surface area contributed by atoms with E-state index in [-0.39, 0.29) is 23.0 Å². The fourth-order valence-electron chi connectivity index (χ4n) is 2.10. The summed E-state index contributed by atoms with van der Waals surface area (Å²) in [4.78, 5) is 22.5. The fourth-order valence-corrected chi connectivity index (χ4v) is 2.29. The highest BCUT2D eigenvalue weighted by Gasteiger charge is 2.27. The van der Waals surface area contributed by atoms with Gasteiger partial charge in [-0.3, -0.25) is 14.9 Å². The standard InChI is InChI=1S/C15H11ClN2O5/c16-10-6-5-9(7-11(10)18(20)21)17-15(19)14-8-22-12-3-1-2-4-13(12)23-14/h1-7,14H,8H2,(H,17,19)/t14-/m0/s1. The fraction of sp³-hybridized carbons (Fsp3) is 0.133. The Morgan fingerprint density at radius 1 is 1.26 bits per heavy atom. The summed E-state index contributed by atoms with van der Waals surface area (Å²) in [5.41, 5.74) is -0.0239. The van der Waals surface area contributed by atoms with Crippen LogP contribution in [0.3, 0.4) is 0 Å². The summed E-state index contributed by atoms with van der Waals surface area (Å²) in [7, 11) is 0. The van der Waals surface area contributed by atoms with E-state index in [0.717, 1.165) is 0 Å². The highest BCUT2D eigenvalue weighted by molar-refractivity contribution is 6.32. The predicted molar refractivity (Wildman–Crippen MR) is 83.1 cm³/mol. The number of benzene rings is 2. The lowest BCUT2D eigenvalue weighted by molar-refractivity contribution is -0.384. The smallest absolute Gasteiger partial charge is 0.289 e. The van der Waals surface area contributed by atoms with Crippen LogP contribution in [0.2, 0.25) is 5.02 Å². The normalized spacial score (nSPS) is 15.8. The molecule has 1 N–H and O–H groups in total. The topological polar surface area (TPSA) is 90.7 Å². The Morgan fingerprint density at radius 3 is 2.74 bits per heavy atom. The number of hydrogen-bond donors (Lipinski definition) is 1. The molecule has 0 saturated carbocycles. The first-order valence-corrected chi connectivity index (χ1v) is 7.05. The zero-order valence-electron chi connectivity index (χ0n) is 11.7. The third kappa shape index (κ3) is 3.19. The molecule has 2 aromatic carbocycles. The largest absolute Gasteiger partial charge is 0.485 e. The Balaban J connectivity index is 1.73. The molecule has 1 atom stereocenters. The summed E-state index contributed by atoms with van der Waals surface area (Å²) < 4.78 is 11.0. The van der Waals surface area contributed by atoms with Gasteiger partial charge in [-0.1, -0.05) is 23.7 Å². The third-order valence-electron chi connectivity index (χ3n) is 3.21. The summed E-state index contributed by atoms with van der Waals surface area (Å²) in [6.45, 7) is 0.0541. The molecule has 0 saturated heterocycles. The van der Waals surface area contributed by atoms with Gasteiger partial charge in [-0.15, -0.1) is 0 Å². The number of nitro benzene ring substituents is 1. The average Bonchev–Trinajstić information content (AvgIpc) is 2.55. The zero-order chi connectivity index (χ0) is 16.4. The van der Waals surface area contributed by atoms with Crippen LogP contribution >= 0.6 is 11.6 Å². The van der Waals surface area contributed by atoms with Gasteiger partial charge in [-0.2, -0.15) is 0 Å². The number of fused-ring (bicyclic) bond motifs is 1. The van der Waals surface area contributed by atoms with Crippen molar-refractivity contribution in [2.24, 2.45) is 0 Å². The zero-order valence-corrected chi connectivity index (χ0v) is 12.4. The van der Waals surface area contributed by atoms with Crippen molar-refractivity contribution in [3.05, 3.63) is 57.6 Å². The van der Waals surface area contributed by atoms with Crippen molar-refractivity contribution in [3.63, 3.8) is 0 Å². The van der Waals surface area contributed by atoms with Crippen LogP contribution in [-0.2, 0) is 4.79 Å². The molecule has 0 aromatic heterocycles. The Bertz CT molecular complexity index is 780. The number of anilines is 1. The van der Waals surface area contributed by atoms with E-state index < -0.39 is 16.9 Å². The van der Waals surface area contributed by atoms with Crippen LogP contribution < -0.4 is 14.8 Å². The molecule has 0 unspecified atom stereocenters. The molecule has 2 aromatic rings. The Hall–Kier alpha value is -2.80. The lowest BCUT2D eigenvalue weighted by Crippen LogP contribution is -2.40. The van der Waals surface area contributed by atoms with Crippen molar-refractivity contribution in [2.45, 2.75) is 6.10 Å². The Labute approximate surface area is 135 Å². The van der Waals surface area contributed by atoms with Gasteiger partial charge in [0.2, 0.25) is 6.10 Å². The quantitative estimate of drug-likeness (QED) is 0.688. The molecule has 3 rings (SSSR count). The maximum absolute atomic E-state index is 12.2. The maximum Gasteiger partial charge on any atom is 0.289 e. The molecule has 1 aliphatic rings. The second-order valence-electron chi connectivity index (χ2n) is 4.78. The van der Waals surface area contributed by atoms with Gasteiger partial charge in [-0.05, 0) is 24.3 Å². The van der Waals surface area contributed by atoms with Gasteiger partial charge >= 0.3 is 0 Å². The van der Waals surface area contributed by atoms with Crippen molar-refractivity contribution in [1.29, 1.82) is 0 Å². The molecule has 0 spiro atoms. The second kappa shape index (κ2) is 6.13. The van der Waals surface area contributed by atoms with Crippen LogP contribution in [0.1, 0.15) is 0 Å². The molecule has 7 nitrogen and oxygen atoms in total. The van der Waals surface area contributed by atoms with Crippen LogP contribution in [-0.4, -0.2) is 23.5 Å². The highest BCUT2D eigenvalue weighted by Crippen LogP contribution is 2.31. The number of hydrogen-bond acceptors (Lipinski definition) is 5. The number of para-hydroxylation sites is 2. The summed E-state index contributed by atoms with van der Waals surface area (Å²) in [5.74, 6) is 0.579. The van der Waals surface area contributed by atoms with E-state index in [9.17, 15) is 14.9 Å². The molecule has 0 aliphatic carbocycles. The molecule has 0 radical (unpaired) electrons. The number of rotatable bonds is 3. The van der Waals surface area contributed by atoms with E-state index in [4.69, 9.17) is 21.1 Å². The molecule has 1 aliphatic heterocycles. The lowest BCUT2D eigenvalue weighted by Gasteiger charge is -2.25. The van der Waals surface area contributed by atoms with E-state index in [0.29, 0.717) is 11.5 Å². The van der Waals surface area contributed by atoms with Gasteiger partial charge in [0, 0.05) is 11.8 Å². The van der Waals surface area contributed by atoms with Crippen LogP contribution in [0.5, 0.6) is 11.5 Å². The van der Waals surface area contributed by atoms with Gasteiger partial charge in [0.05, 0.1) is 4.92 Å². The Kier molecular flexibility index (Phi) is 4.03. The first kappa shape index (κ1) is 15.1. The predicted octanol–water partition coefficient (Wildman–Crippen LogP) is 3.03. The lowest BCUT2D eigenvalue weighted by atomic mass is 10.2. The van der Waals surface area contributed by atoms with Crippen molar-refractivity contribution >= 4 is 28.9 Å². The van der Waals surface area contributed by atoms with Gasteiger partial charge in [-0.25, -0.2) is 0 Å². The van der Waals surface area contributed by atoms with Crippen LogP contribution in [0, 0.1) is 10.1 Å². The monoisotopic (exact) mass is 334 g/mol. The number of nitro groups is 1. The number of halogens is 1. The minimum atomic E-state index is -0.848. The summed E-state index contributed by atoms with van der Waals surface area (Å²) >= 11 is 5.73. The van der Waals surface area contributed by atoms with Crippen molar-refractivity contribution < 1.29 is 19.2 Å². The molecule has 1 amide bonds. The number of nitrogens with one attached hydrogen (secondary N) is 1. The van der Waals surface area contributed by atoms with Gasteiger partial charge < -0.3 is 14.8 Å². The third-order valence-corrected chi connectivity index (χ3v) is 3.53. The summed E-state index contributed by atoms with van der Waals surface area (Å²) in [6, 6.07) is 11.0. The molecule has 0 fully saturated rings. The molecule has 0 bridgehead atoms. The molecule has 8 heteroatoms. The van der Waals surface area contributed by atoms with E-state index in [1.54, 1.807) is 24.3 Å². The number of carbonyl (C=O) groups is 1. The second-order valence-corrected chi connectivity index (χ2v) is 5.18. The van der Waals surface area contributed by atoms with Crippen molar-refractivity contribution in [2.75, 3.05) is 11.9 Å². The average molecular weight is 335 g/mol. The SMILES string of the molecule is O=C(Nc1ccc(Cl)c([N+](=O)[O-])c1)[C@@H]1COc2ccccc2O1. The van der Waals surface area contributed by atoms with Crippen molar-refractivity contribution in [3.8, 4) is 11.5 Å². The molecule has 23 heavy (non-hydrogen) atoms. The van der Waals surface area contributed by atoms with E-state index in [1.165, 1.54) is 18.2 Å². The summed E-state index contributed by atoms with van der Waals surface area (Å²) in [5, 5.41) is 13.4. The van der Waals surface area contributed by atoms with Gasteiger partial charge in [0.1, 0.15) is 11.6 Å². The number of nitrogens with zero attached hydrogens (tertiary/aromatic N) is 1.